The van der Waals surface area contributed by atoms with Crippen molar-refractivity contribution >= 4 is 23.3 Å². The predicted octanol–water partition coefficient (Wildman–Crippen LogP) is 5.72. The summed E-state index contributed by atoms with van der Waals surface area (Å²) < 4.78 is 0. The molecule has 2 aromatic carbocycles. The molecule has 0 radical (unpaired) electrons. The highest BCUT2D eigenvalue weighted by atomic mass is 16.4. The number of aromatic nitrogens is 2. The number of amides is 1. The molecule has 0 bridgehead atoms. The number of benzene rings is 2. The van der Waals surface area contributed by atoms with E-state index in [1.165, 1.54) is 21.7 Å². The van der Waals surface area contributed by atoms with E-state index in [4.69, 9.17) is 4.98 Å². The van der Waals surface area contributed by atoms with Gasteiger partial charge in [-0.05, 0) is 68.8 Å². The summed E-state index contributed by atoms with van der Waals surface area (Å²) in [6.07, 6.45) is 5.96. The standard InChI is InChI=1S/C30H35N5O2/c1-3-22-12-13-23-26(22)28(32-20-31-23)35-19-30(27-24(33(2)29(36)37)10-7-11-25(27)35)14-16-34(17-15-30)18-21-8-5-4-6-9-21/h4-11,20,22H,3,12-19H2,1-2H3,(H,36,37). The van der Waals surface area contributed by atoms with Crippen molar-refractivity contribution in [1.82, 2.24) is 14.9 Å². The molecule has 1 atom stereocenters. The minimum atomic E-state index is -0.933. The van der Waals surface area contributed by atoms with Crippen molar-refractivity contribution in [2.45, 2.75) is 56.9 Å². The minimum absolute atomic E-state index is 0.124. The van der Waals surface area contributed by atoms with Crippen LogP contribution in [0.15, 0.2) is 54.9 Å². The SMILES string of the molecule is CCC1CCc2ncnc(N3CC4(CCN(Cc5ccccc5)CC4)c4c(N(C)C(=O)O)cccc43)c21. The fourth-order valence-electron chi connectivity index (χ4n) is 6.84. The third kappa shape index (κ3) is 4.06. The van der Waals surface area contributed by atoms with E-state index in [0.717, 1.165) is 81.0 Å². The molecular formula is C30H35N5O2. The second-order valence-electron chi connectivity index (χ2n) is 10.8. The maximum atomic E-state index is 12.1. The van der Waals surface area contributed by atoms with Crippen LogP contribution >= 0.6 is 0 Å². The molecule has 37 heavy (non-hydrogen) atoms. The minimum Gasteiger partial charge on any atom is -0.465 e. The average Bonchev–Trinajstić information content (AvgIpc) is 3.50. The third-order valence-electron chi connectivity index (χ3n) is 8.84. The lowest BCUT2D eigenvalue weighted by molar-refractivity contribution is 0.160. The van der Waals surface area contributed by atoms with Gasteiger partial charge in [0.2, 0.25) is 0 Å². The molecule has 1 N–H and O–H groups in total. The quantitative estimate of drug-likeness (QED) is 0.486. The Hall–Kier alpha value is -3.45. The van der Waals surface area contributed by atoms with E-state index in [-0.39, 0.29) is 5.41 Å². The first-order valence-corrected chi connectivity index (χ1v) is 13.5. The predicted molar refractivity (Wildman–Crippen MR) is 146 cm³/mol. The van der Waals surface area contributed by atoms with Gasteiger partial charge in [0.25, 0.3) is 0 Å². The largest absolute Gasteiger partial charge is 0.465 e. The lowest BCUT2D eigenvalue weighted by Gasteiger charge is -2.41. The van der Waals surface area contributed by atoms with Gasteiger partial charge in [0.15, 0.2) is 0 Å². The molecule has 1 amide bonds. The molecular weight excluding hydrogens is 462 g/mol. The number of aryl methyl sites for hydroxylation is 1. The highest BCUT2D eigenvalue weighted by Gasteiger charge is 2.48. The maximum Gasteiger partial charge on any atom is 0.411 e. The molecule has 1 aromatic heterocycles. The molecule has 6 rings (SSSR count). The maximum absolute atomic E-state index is 12.1. The number of likely N-dealkylation sites (tertiary alicyclic amines) is 1. The molecule has 1 saturated heterocycles. The van der Waals surface area contributed by atoms with Crippen molar-refractivity contribution in [1.29, 1.82) is 0 Å². The third-order valence-corrected chi connectivity index (χ3v) is 8.84. The van der Waals surface area contributed by atoms with Gasteiger partial charge in [-0.25, -0.2) is 14.8 Å². The Balaban J connectivity index is 1.40. The van der Waals surface area contributed by atoms with Crippen LogP contribution in [-0.2, 0) is 18.4 Å². The van der Waals surface area contributed by atoms with E-state index in [0.29, 0.717) is 5.92 Å². The van der Waals surface area contributed by atoms with Crippen LogP contribution in [0.1, 0.15) is 60.9 Å². The molecule has 1 aliphatic carbocycles. The van der Waals surface area contributed by atoms with Crippen molar-refractivity contribution in [3.8, 4) is 0 Å². The molecule has 0 saturated carbocycles. The smallest absolute Gasteiger partial charge is 0.411 e. The monoisotopic (exact) mass is 497 g/mol. The highest BCUT2D eigenvalue weighted by Crippen LogP contribution is 2.54. The van der Waals surface area contributed by atoms with Crippen LogP contribution < -0.4 is 9.80 Å². The molecule has 1 spiro atoms. The summed E-state index contributed by atoms with van der Waals surface area (Å²) in [5.41, 5.74) is 6.74. The second-order valence-corrected chi connectivity index (χ2v) is 10.8. The Labute approximate surface area is 218 Å². The molecule has 1 fully saturated rings. The van der Waals surface area contributed by atoms with Crippen LogP contribution in [0.4, 0.5) is 22.0 Å². The van der Waals surface area contributed by atoms with Gasteiger partial charge in [-0.1, -0.05) is 43.3 Å². The normalized spacial score (nSPS) is 20.2. The Morgan fingerprint density at radius 1 is 1.11 bits per heavy atom. The van der Waals surface area contributed by atoms with Crippen molar-refractivity contribution in [3.05, 3.63) is 77.2 Å². The topological polar surface area (TPSA) is 72.8 Å². The molecule has 7 nitrogen and oxygen atoms in total. The number of nitrogens with zero attached hydrogens (tertiary/aromatic N) is 5. The van der Waals surface area contributed by atoms with Crippen molar-refractivity contribution in [2.75, 3.05) is 36.5 Å². The van der Waals surface area contributed by atoms with E-state index in [1.54, 1.807) is 13.4 Å². The van der Waals surface area contributed by atoms with Crippen molar-refractivity contribution < 1.29 is 9.90 Å². The zero-order valence-corrected chi connectivity index (χ0v) is 21.7. The fraction of sp³-hybridized carbons (Fsp3) is 0.433. The first kappa shape index (κ1) is 23.9. The van der Waals surface area contributed by atoms with E-state index < -0.39 is 6.09 Å². The first-order valence-electron chi connectivity index (χ1n) is 13.5. The number of hydrogen-bond acceptors (Lipinski definition) is 5. The zero-order chi connectivity index (χ0) is 25.6. The van der Waals surface area contributed by atoms with Crippen LogP contribution in [0.2, 0.25) is 0 Å². The molecule has 3 heterocycles. The Morgan fingerprint density at radius 3 is 2.62 bits per heavy atom. The number of carboxylic acid groups (broad SMARTS) is 1. The van der Waals surface area contributed by atoms with Gasteiger partial charge < -0.3 is 10.0 Å². The van der Waals surface area contributed by atoms with Crippen LogP contribution in [0.5, 0.6) is 0 Å². The number of rotatable bonds is 5. The molecule has 1 unspecified atom stereocenters. The molecule has 3 aromatic rings. The molecule has 3 aliphatic rings. The second kappa shape index (κ2) is 9.45. The summed E-state index contributed by atoms with van der Waals surface area (Å²) in [5, 5.41) is 9.92. The summed E-state index contributed by atoms with van der Waals surface area (Å²) in [6.45, 7) is 5.98. The van der Waals surface area contributed by atoms with E-state index in [2.05, 4.69) is 58.1 Å². The van der Waals surface area contributed by atoms with Gasteiger partial charge in [-0.3, -0.25) is 9.80 Å². The molecule has 192 valence electrons. The van der Waals surface area contributed by atoms with Crippen LogP contribution in [-0.4, -0.2) is 52.7 Å². The van der Waals surface area contributed by atoms with Gasteiger partial charge >= 0.3 is 6.09 Å². The lowest BCUT2D eigenvalue weighted by atomic mass is 9.73. The number of hydrogen-bond donors (Lipinski definition) is 1. The Morgan fingerprint density at radius 2 is 1.89 bits per heavy atom. The van der Waals surface area contributed by atoms with E-state index >= 15 is 0 Å². The van der Waals surface area contributed by atoms with Crippen LogP contribution in [0.3, 0.4) is 0 Å². The summed E-state index contributed by atoms with van der Waals surface area (Å²) in [7, 11) is 1.66. The van der Waals surface area contributed by atoms with Crippen LogP contribution in [0.25, 0.3) is 0 Å². The lowest BCUT2D eigenvalue weighted by Crippen LogP contribution is -2.45. The van der Waals surface area contributed by atoms with Crippen LogP contribution in [0, 0.1) is 0 Å². The number of piperidine rings is 1. The Kier molecular flexibility index (Phi) is 6.11. The summed E-state index contributed by atoms with van der Waals surface area (Å²) in [4.78, 5) is 27.9. The zero-order valence-electron chi connectivity index (χ0n) is 21.7. The van der Waals surface area contributed by atoms with Gasteiger partial charge in [0, 0.05) is 48.1 Å². The first-order chi connectivity index (χ1) is 18.0. The van der Waals surface area contributed by atoms with Crippen molar-refractivity contribution in [2.24, 2.45) is 0 Å². The van der Waals surface area contributed by atoms with E-state index in [9.17, 15) is 9.90 Å². The van der Waals surface area contributed by atoms with Gasteiger partial charge in [-0.2, -0.15) is 0 Å². The average molecular weight is 498 g/mol. The number of anilines is 3. The van der Waals surface area contributed by atoms with Crippen molar-refractivity contribution in [3.63, 3.8) is 0 Å². The van der Waals surface area contributed by atoms with E-state index in [1.807, 2.05) is 12.1 Å². The summed E-state index contributed by atoms with van der Waals surface area (Å²) >= 11 is 0. The number of carbonyl (C=O) groups is 1. The summed E-state index contributed by atoms with van der Waals surface area (Å²) in [6, 6.07) is 16.8. The molecule has 2 aliphatic heterocycles. The summed E-state index contributed by atoms with van der Waals surface area (Å²) in [5.74, 6) is 1.50. The number of fused-ring (bicyclic) bond motifs is 3. The fourth-order valence-corrected chi connectivity index (χ4v) is 6.84. The molecule has 7 heteroatoms. The van der Waals surface area contributed by atoms with Gasteiger partial charge in [0.1, 0.15) is 12.1 Å². The van der Waals surface area contributed by atoms with Gasteiger partial charge in [-0.15, -0.1) is 0 Å². The Bertz CT molecular complexity index is 1300. The highest BCUT2D eigenvalue weighted by molar-refractivity contribution is 5.91. The van der Waals surface area contributed by atoms with Gasteiger partial charge in [0.05, 0.1) is 5.69 Å².